The molecule has 0 spiro atoms. The zero-order chi connectivity index (χ0) is 17.6. The Balaban J connectivity index is 1.71. The molecule has 8 nitrogen and oxygen atoms in total. The molecule has 0 radical (unpaired) electrons. The number of benzene rings is 1. The van der Waals surface area contributed by atoms with Gasteiger partial charge < -0.3 is 15.4 Å². The molecule has 0 fully saturated rings. The Bertz CT molecular complexity index is 878. The van der Waals surface area contributed by atoms with Gasteiger partial charge >= 0.3 is 12.0 Å². The van der Waals surface area contributed by atoms with E-state index in [1.165, 1.54) is 13.4 Å². The highest BCUT2D eigenvalue weighted by Gasteiger charge is 2.22. The minimum Gasteiger partial charge on any atom is -0.467 e. The molecule has 2 N–H and O–H groups in total. The van der Waals surface area contributed by atoms with Crippen LogP contribution in [0.2, 0.25) is 0 Å². The fourth-order valence-corrected chi connectivity index (χ4v) is 2.45. The summed E-state index contributed by atoms with van der Waals surface area (Å²) in [6, 6.07) is 11.5. The van der Waals surface area contributed by atoms with Crippen molar-refractivity contribution in [2.24, 2.45) is 0 Å². The maximum absolute atomic E-state index is 12.3. The van der Waals surface area contributed by atoms with Gasteiger partial charge in [0.2, 0.25) is 0 Å². The molecule has 2 aromatic heterocycles. The number of nitrogens with one attached hydrogen (secondary N) is 2. The van der Waals surface area contributed by atoms with E-state index in [1.807, 2.05) is 30.3 Å². The molecule has 3 rings (SSSR count). The number of pyridine rings is 1. The lowest BCUT2D eigenvalue weighted by molar-refractivity contribution is -0.142. The fraction of sp³-hybridized carbons (Fsp3) is 0.176. The smallest absolute Gasteiger partial charge is 0.328 e. The zero-order valence-corrected chi connectivity index (χ0v) is 13.5. The number of ether oxygens (including phenoxy) is 1. The third-order valence-corrected chi connectivity index (χ3v) is 3.65. The zero-order valence-electron chi connectivity index (χ0n) is 13.5. The van der Waals surface area contributed by atoms with Crippen LogP contribution in [0.15, 0.2) is 55.0 Å². The molecule has 0 bridgehead atoms. The van der Waals surface area contributed by atoms with Crippen LogP contribution >= 0.6 is 0 Å². The van der Waals surface area contributed by atoms with Gasteiger partial charge in [0.05, 0.1) is 12.8 Å². The van der Waals surface area contributed by atoms with Crippen molar-refractivity contribution in [1.82, 2.24) is 19.9 Å². The molecule has 0 aliphatic rings. The molecular formula is C17H17N5O3. The topological polar surface area (TPSA) is 97.6 Å². The number of methoxy groups -OCH3 is 1. The summed E-state index contributed by atoms with van der Waals surface area (Å²) in [5, 5.41) is 13.1. The van der Waals surface area contributed by atoms with Gasteiger partial charge in [-0.2, -0.15) is 0 Å². The normalized spacial score (nSPS) is 11.7. The van der Waals surface area contributed by atoms with Crippen molar-refractivity contribution in [3.05, 3.63) is 60.6 Å². The first-order valence-electron chi connectivity index (χ1n) is 7.65. The van der Waals surface area contributed by atoms with Crippen molar-refractivity contribution in [3.8, 4) is 0 Å². The van der Waals surface area contributed by atoms with Crippen LogP contribution in [0.1, 0.15) is 5.56 Å². The second-order valence-corrected chi connectivity index (χ2v) is 5.35. The maximum Gasteiger partial charge on any atom is 0.328 e. The van der Waals surface area contributed by atoms with Gasteiger partial charge in [0.1, 0.15) is 12.4 Å². The molecular weight excluding hydrogens is 322 g/mol. The molecule has 2 amide bonds. The minimum absolute atomic E-state index is 0.329. The van der Waals surface area contributed by atoms with Crippen molar-refractivity contribution in [2.45, 2.75) is 12.5 Å². The van der Waals surface area contributed by atoms with Gasteiger partial charge in [-0.25, -0.2) is 9.59 Å². The second-order valence-electron chi connectivity index (χ2n) is 5.35. The minimum atomic E-state index is -0.801. The fourth-order valence-electron chi connectivity index (χ4n) is 2.45. The van der Waals surface area contributed by atoms with E-state index < -0.39 is 18.0 Å². The molecule has 128 valence electrons. The predicted octanol–water partition coefficient (Wildman–Crippen LogP) is 1.64. The van der Waals surface area contributed by atoms with Crippen LogP contribution in [-0.2, 0) is 16.0 Å². The summed E-state index contributed by atoms with van der Waals surface area (Å²) in [4.78, 5) is 24.3. The van der Waals surface area contributed by atoms with Gasteiger partial charge in [0.25, 0.3) is 0 Å². The molecule has 0 unspecified atom stereocenters. The summed E-state index contributed by atoms with van der Waals surface area (Å²) in [6.45, 7) is 0. The van der Waals surface area contributed by atoms with Crippen LogP contribution < -0.4 is 10.6 Å². The van der Waals surface area contributed by atoms with E-state index in [2.05, 4.69) is 20.8 Å². The molecule has 1 atom stereocenters. The maximum atomic E-state index is 12.3. The number of amides is 2. The summed E-state index contributed by atoms with van der Waals surface area (Å²) >= 11 is 0. The van der Waals surface area contributed by atoms with E-state index >= 15 is 0 Å². The number of hydrogen-bond donors (Lipinski definition) is 2. The third-order valence-electron chi connectivity index (χ3n) is 3.65. The number of nitrogens with zero attached hydrogens (tertiary/aromatic N) is 3. The first-order chi connectivity index (χ1) is 12.2. The lowest BCUT2D eigenvalue weighted by Gasteiger charge is -2.17. The Kier molecular flexibility index (Phi) is 4.89. The number of aromatic nitrogens is 3. The Morgan fingerprint density at radius 3 is 2.76 bits per heavy atom. The number of rotatable bonds is 5. The highest BCUT2D eigenvalue weighted by Crippen LogP contribution is 2.13. The quantitative estimate of drug-likeness (QED) is 0.689. The van der Waals surface area contributed by atoms with Crippen LogP contribution in [-0.4, -0.2) is 39.8 Å². The number of hydrogen-bond acceptors (Lipinski definition) is 5. The molecule has 0 aliphatic heterocycles. The number of urea groups is 1. The van der Waals surface area contributed by atoms with Gasteiger partial charge in [-0.3, -0.25) is 4.40 Å². The van der Waals surface area contributed by atoms with E-state index in [4.69, 9.17) is 4.74 Å². The second kappa shape index (κ2) is 7.43. The van der Waals surface area contributed by atoms with Crippen molar-refractivity contribution in [3.63, 3.8) is 0 Å². The lowest BCUT2D eigenvalue weighted by Crippen LogP contribution is -2.45. The molecule has 1 aromatic carbocycles. The third kappa shape index (κ3) is 3.92. The standard InChI is InChI=1S/C17H17N5O3/c1-25-16(23)14(10-12-6-3-2-4-7-12)20-17(24)19-13-8-5-9-22-11-18-21-15(13)22/h2-9,11,14H,10H2,1H3,(H2,19,20,24)/t14-/m1/s1. The number of esters is 1. The molecule has 25 heavy (non-hydrogen) atoms. The number of carbonyl (C=O) groups is 2. The van der Waals surface area contributed by atoms with E-state index in [0.29, 0.717) is 17.8 Å². The van der Waals surface area contributed by atoms with Crippen molar-refractivity contribution in [1.29, 1.82) is 0 Å². The number of fused-ring (bicyclic) bond motifs is 1. The predicted molar refractivity (Wildman–Crippen MR) is 91.1 cm³/mol. The highest BCUT2D eigenvalue weighted by atomic mass is 16.5. The first-order valence-corrected chi connectivity index (χ1v) is 7.65. The average Bonchev–Trinajstić information content (AvgIpc) is 3.11. The molecule has 0 saturated heterocycles. The van der Waals surface area contributed by atoms with Crippen LogP contribution in [0, 0.1) is 0 Å². The Morgan fingerprint density at radius 1 is 1.20 bits per heavy atom. The van der Waals surface area contributed by atoms with Crippen LogP contribution in [0.5, 0.6) is 0 Å². The van der Waals surface area contributed by atoms with Gasteiger partial charge in [0, 0.05) is 12.6 Å². The van der Waals surface area contributed by atoms with E-state index in [9.17, 15) is 9.59 Å². The van der Waals surface area contributed by atoms with Crippen molar-refractivity contribution in [2.75, 3.05) is 12.4 Å². The van der Waals surface area contributed by atoms with Crippen LogP contribution in [0.25, 0.3) is 5.65 Å². The molecule has 0 aliphatic carbocycles. The van der Waals surface area contributed by atoms with Gasteiger partial charge in [-0.15, -0.1) is 10.2 Å². The average molecular weight is 339 g/mol. The van der Waals surface area contributed by atoms with E-state index in [0.717, 1.165) is 5.56 Å². The summed E-state index contributed by atoms with van der Waals surface area (Å²) in [6.07, 6.45) is 3.63. The van der Waals surface area contributed by atoms with Crippen molar-refractivity contribution < 1.29 is 14.3 Å². The van der Waals surface area contributed by atoms with Gasteiger partial charge in [0.15, 0.2) is 5.65 Å². The van der Waals surface area contributed by atoms with E-state index in [-0.39, 0.29) is 0 Å². The van der Waals surface area contributed by atoms with Gasteiger partial charge in [-0.1, -0.05) is 30.3 Å². The highest BCUT2D eigenvalue weighted by molar-refractivity contribution is 5.95. The SMILES string of the molecule is COC(=O)[C@@H](Cc1ccccc1)NC(=O)Nc1cccn2cnnc12. The van der Waals surface area contributed by atoms with Crippen molar-refractivity contribution >= 4 is 23.3 Å². The molecule has 2 heterocycles. The first kappa shape index (κ1) is 16.4. The van der Waals surface area contributed by atoms with Gasteiger partial charge in [-0.05, 0) is 17.7 Å². The summed E-state index contributed by atoms with van der Waals surface area (Å²) in [5.74, 6) is -0.514. The number of carbonyl (C=O) groups excluding carboxylic acids is 2. The molecule has 8 heteroatoms. The Hall–Kier alpha value is -3.42. The Morgan fingerprint density at radius 2 is 2.00 bits per heavy atom. The molecule has 0 saturated carbocycles. The Labute approximate surface area is 143 Å². The van der Waals surface area contributed by atoms with E-state index in [1.54, 1.807) is 22.7 Å². The summed E-state index contributed by atoms with van der Waals surface area (Å²) < 4.78 is 6.46. The largest absolute Gasteiger partial charge is 0.467 e. The monoisotopic (exact) mass is 339 g/mol. The molecule has 3 aromatic rings. The van der Waals surface area contributed by atoms with Crippen LogP contribution in [0.3, 0.4) is 0 Å². The van der Waals surface area contributed by atoms with Crippen LogP contribution in [0.4, 0.5) is 10.5 Å². The lowest BCUT2D eigenvalue weighted by atomic mass is 10.1. The summed E-state index contributed by atoms with van der Waals surface area (Å²) in [5.41, 5.74) is 1.91. The number of anilines is 1. The summed E-state index contributed by atoms with van der Waals surface area (Å²) in [7, 11) is 1.29.